The zero-order valence-electron chi connectivity index (χ0n) is 7.85. The summed E-state index contributed by atoms with van der Waals surface area (Å²) in [5.41, 5.74) is 5.50. The van der Waals surface area contributed by atoms with Crippen molar-refractivity contribution in [1.29, 1.82) is 0 Å². The predicted molar refractivity (Wildman–Crippen MR) is 44.7 cm³/mol. The van der Waals surface area contributed by atoms with Crippen LogP contribution in [0.25, 0.3) is 0 Å². The van der Waals surface area contributed by atoms with Crippen molar-refractivity contribution < 1.29 is 22.4 Å². The molecule has 7 heteroatoms. The average molecular weight is 228 g/mol. The van der Waals surface area contributed by atoms with Crippen LogP contribution in [0.3, 0.4) is 0 Å². The first-order valence-electron chi connectivity index (χ1n) is 4.58. The summed E-state index contributed by atoms with van der Waals surface area (Å²) >= 11 is 0. The largest absolute Gasteiger partial charge is 0.383 e. The topological polar surface area (TPSA) is 55.1 Å². The summed E-state index contributed by atoms with van der Waals surface area (Å²) in [7, 11) is 0. The van der Waals surface area contributed by atoms with Crippen molar-refractivity contribution in [3.05, 3.63) is 0 Å². The van der Waals surface area contributed by atoms with E-state index in [2.05, 4.69) is 0 Å². The number of halogens is 4. The maximum atomic E-state index is 12.5. The van der Waals surface area contributed by atoms with Crippen LogP contribution in [0.4, 0.5) is 17.6 Å². The Morgan fingerprint density at radius 1 is 1.40 bits per heavy atom. The fourth-order valence-electron chi connectivity index (χ4n) is 1.53. The van der Waals surface area contributed by atoms with Gasteiger partial charge in [-0.15, -0.1) is 0 Å². The van der Waals surface area contributed by atoms with E-state index in [4.69, 9.17) is 5.73 Å². The molecule has 0 aromatic carbocycles. The molecule has 3 nitrogen and oxygen atoms in total. The number of hydrogen-bond acceptors (Lipinski definition) is 2. The number of nitrogens with two attached hydrogens (primary N) is 1. The zero-order chi connectivity index (χ0) is 11.6. The number of carbonyl (C=O) groups is 1. The van der Waals surface area contributed by atoms with Gasteiger partial charge in [0.2, 0.25) is 0 Å². The number of amides is 1. The Kier molecular flexibility index (Phi) is 3.54. The van der Waals surface area contributed by atoms with Crippen molar-refractivity contribution in [2.24, 2.45) is 5.73 Å². The van der Waals surface area contributed by atoms with Gasteiger partial charge in [-0.3, -0.25) is 4.79 Å². The Morgan fingerprint density at radius 3 is 2.40 bits per heavy atom. The van der Waals surface area contributed by atoms with E-state index < -0.39 is 30.3 Å². The maximum absolute atomic E-state index is 12.5. The lowest BCUT2D eigenvalue weighted by molar-refractivity contribution is -0.170. The van der Waals surface area contributed by atoms with Gasteiger partial charge in [0.25, 0.3) is 5.91 Å². The van der Waals surface area contributed by atoms with Crippen molar-refractivity contribution in [3.63, 3.8) is 0 Å². The van der Waals surface area contributed by atoms with Gasteiger partial charge in [-0.25, -0.2) is 8.78 Å². The van der Waals surface area contributed by atoms with Crippen molar-refractivity contribution >= 4 is 5.91 Å². The molecule has 0 aromatic heterocycles. The summed E-state index contributed by atoms with van der Waals surface area (Å²) in [5.74, 6) is -6.58. The molecule has 1 aliphatic rings. The molecule has 0 heterocycles. The maximum Gasteiger partial charge on any atom is 0.383 e. The minimum atomic E-state index is -4.64. The summed E-state index contributed by atoms with van der Waals surface area (Å²) < 4.78 is 48.6. The monoisotopic (exact) mass is 228 g/mol. The van der Waals surface area contributed by atoms with Gasteiger partial charge in [0, 0.05) is 12.1 Å². The average Bonchev–Trinajstić information content (AvgIpc) is 2.51. The molecule has 0 bridgehead atoms. The first kappa shape index (κ1) is 12.2. The van der Waals surface area contributed by atoms with Gasteiger partial charge in [0.1, 0.15) is 0 Å². The molecule has 1 fully saturated rings. The van der Waals surface area contributed by atoms with Crippen molar-refractivity contribution in [2.45, 2.75) is 43.7 Å². The molecule has 2 atom stereocenters. The molecule has 2 unspecified atom stereocenters. The smallest absolute Gasteiger partial charge is 0.346 e. The number of alkyl halides is 4. The molecule has 88 valence electrons. The van der Waals surface area contributed by atoms with E-state index in [1.165, 1.54) is 0 Å². The molecule has 1 saturated carbocycles. The van der Waals surface area contributed by atoms with Crippen LogP contribution in [0.2, 0.25) is 0 Å². The van der Waals surface area contributed by atoms with Crippen LogP contribution in [-0.4, -0.2) is 30.3 Å². The normalized spacial score (nSPS) is 27.1. The number of nitrogens with one attached hydrogen (secondary N) is 1. The second-order valence-electron chi connectivity index (χ2n) is 3.60. The Hall–Kier alpha value is -0.850. The predicted octanol–water partition coefficient (Wildman–Crippen LogP) is 0.883. The van der Waals surface area contributed by atoms with Crippen LogP contribution in [-0.2, 0) is 4.79 Å². The van der Waals surface area contributed by atoms with Gasteiger partial charge in [-0.05, 0) is 19.3 Å². The third-order valence-corrected chi connectivity index (χ3v) is 2.46. The highest BCUT2D eigenvalue weighted by Gasteiger charge is 2.49. The highest BCUT2D eigenvalue weighted by Crippen LogP contribution is 2.24. The van der Waals surface area contributed by atoms with E-state index in [1.807, 2.05) is 5.32 Å². The molecule has 1 amide bonds. The molecule has 1 aliphatic carbocycles. The van der Waals surface area contributed by atoms with E-state index in [-0.39, 0.29) is 0 Å². The van der Waals surface area contributed by atoms with E-state index in [9.17, 15) is 22.4 Å². The molecule has 0 spiro atoms. The first-order valence-corrected chi connectivity index (χ1v) is 4.58. The summed E-state index contributed by atoms with van der Waals surface area (Å²) in [5, 5.41) is 1.86. The summed E-state index contributed by atoms with van der Waals surface area (Å²) in [4.78, 5) is 10.8. The van der Waals surface area contributed by atoms with Gasteiger partial charge in [-0.1, -0.05) is 0 Å². The lowest BCUT2D eigenvalue weighted by Gasteiger charge is -2.21. The van der Waals surface area contributed by atoms with Crippen molar-refractivity contribution in [3.8, 4) is 0 Å². The van der Waals surface area contributed by atoms with Gasteiger partial charge in [-0.2, -0.15) is 8.78 Å². The highest BCUT2D eigenvalue weighted by atomic mass is 19.3. The Balaban J connectivity index is 2.55. The van der Waals surface area contributed by atoms with Gasteiger partial charge in [0.05, 0.1) is 0 Å². The summed E-state index contributed by atoms with van der Waals surface area (Å²) in [6.45, 7) is 0. The first-order chi connectivity index (χ1) is 6.85. The zero-order valence-corrected chi connectivity index (χ0v) is 7.85. The lowest BCUT2D eigenvalue weighted by atomic mass is 10.2. The molecule has 1 rings (SSSR count). The Morgan fingerprint density at radius 2 is 2.00 bits per heavy atom. The van der Waals surface area contributed by atoms with Crippen LogP contribution in [0.15, 0.2) is 0 Å². The molecule has 0 aliphatic heterocycles. The second kappa shape index (κ2) is 4.34. The van der Waals surface area contributed by atoms with Crippen LogP contribution < -0.4 is 11.1 Å². The number of hydrogen-bond donors (Lipinski definition) is 2. The third kappa shape index (κ3) is 2.58. The molecule has 0 saturated heterocycles. The minimum Gasteiger partial charge on any atom is -0.346 e. The fourth-order valence-corrected chi connectivity index (χ4v) is 1.53. The summed E-state index contributed by atoms with van der Waals surface area (Å²) in [6, 6.07) is -1.05. The van der Waals surface area contributed by atoms with Crippen molar-refractivity contribution in [1.82, 2.24) is 5.32 Å². The number of carbonyl (C=O) groups excluding carboxylic acids is 1. The minimum absolute atomic E-state index is 0.428. The lowest BCUT2D eigenvalue weighted by Crippen LogP contribution is -2.52. The van der Waals surface area contributed by atoms with E-state index >= 15 is 0 Å². The molecule has 0 aromatic rings. The van der Waals surface area contributed by atoms with Gasteiger partial charge < -0.3 is 11.1 Å². The van der Waals surface area contributed by atoms with Gasteiger partial charge in [0.15, 0.2) is 0 Å². The molecule has 0 radical (unpaired) electrons. The SMILES string of the molecule is NC1CCCC1NC(=O)C(F)(F)C(F)F. The van der Waals surface area contributed by atoms with Crippen LogP contribution in [0, 0.1) is 0 Å². The van der Waals surface area contributed by atoms with E-state index in [1.54, 1.807) is 0 Å². The fraction of sp³-hybridized carbons (Fsp3) is 0.875. The molecular formula is C8H12F4N2O. The highest BCUT2D eigenvalue weighted by molar-refractivity contribution is 5.84. The quantitative estimate of drug-likeness (QED) is 0.704. The van der Waals surface area contributed by atoms with E-state index in [0.29, 0.717) is 19.3 Å². The Labute approximate surface area is 84.0 Å². The van der Waals surface area contributed by atoms with Crippen molar-refractivity contribution in [2.75, 3.05) is 0 Å². The molecule has 3 N–H and O–H groups in total. The number of rotatable bonds is 3. The molecule has 15 heavy (non-hydrogen) atoms. The van der Waals surface area contributed by atoms with Crippen LogP contribution in [0.1, 0.15) is 19.3 Å². The van der Waals surface area contributed by atoms with Crippen LogP contribution in [0.5, 0.6) is 0 Å². The summed E-state index contributed by atoms with van der Waals surface area (Å²) in [6.07, 6.45) is -2.24. The third-order valence-electron chi connectivity index (χ3n) is 2.46. The standard InChI is InChI=1S/C8H12F4N2O/c9-6(10)8(11,12)7(15)14-5-3-1-2-4(5)13/h4-6H,1-3,13H2,(H,14,15). The van der Waals surface area contributed by atoms with Gasteiger partial charge >= 0.3 is 12.3 Å². The van der Waals surface area contributed by atoms with Crippen LogP contribution >= 0.6 is 0 Å². The Bertz CT molecular complexity index is 247. The molecular weight excluding hydrogens is 216 g/mol. The van der Waals surface area contributed by atoms with E-state index in [0.717, 1.165) is 0 Å². The second-order valence-corrected chi connectivity index (χ2v) is 3.60.